The molecule has 3 rings (SSSR count). The van der Waals surface area contributed by atoms with E-state index in [0.717, 1.165) is 24.2 Å². The third kappa shape index (κ3) is 5.16. The second kappa shape index (κ2) is 9.31. The summed E-state index contributed by atoms with van der Waals surface area (Å²) in [7, 11) is 0. The van der Waals surface area contributed by atoms with Crippen molar-refractivity contribution in [3.8, 4) is 0 Å². The highest BCUT2D eigenvalue weighted by Crippen LogP contribution is 2.26. The standard InChI is InChI=1S/C23H31NO2/c1-18-11-13-21(14-12-18)23(20-9-4-3-5-10-20)26-17-22(25)16-24-15-7-6-8-19(24)2/h3-5,9-14,19,22-23,25H,6-8,15-17H2,1-2H3/p+1/t19-,22+,23+/m0/s1. The lowest BCUT2D eigenvalue weighted by molar-refractivity contribution is -0.931. The minimum atomic E-state index is -0.429. The van der Waals surface area contributed by atoms with Crippen LogP contribution in [-0.2, 0) is 4.74 Å². The van der Waals surface area contributed by atoms with Crippen molar-refractivity contribution in [2.75, 3.05) is 19.7 Å². The van der Waals surface area contributed by atoms with Gasteiger partial charge in [-0.3, -0.25) is 0 Å². The zero-order chi connectivity index (χ0) is 18.4. The molecule has 4 atom stereocenters. The Kier molecular flexibility index (Phi) is 6.84. The van der Waals surface area contributed by atoms with Gasteiger partial charge >= 0.3 is 0 Å². The number of aryl methyl sites for hydroxylation is 1. The number of hydrogen-bond donors (Lipinski definition) is 2. The van der Waals surface area contributed by atoms with E-state index >= 15 is 0 Å². The molecule has 0 saturated carbocycles. The van der Waals surface area contributed by atoms with Crippen molar-refractivity contribution < 1.29 is 14.7 Å². The molecule has 26 heavy (non-hydrogen) atoms. The van der Waals surface area contributed by atoms with Gasteiger partial charge in [0.05, 0.1) is 19.2 Å². The molecule has 0 aromatic heterocycles. The first-order chi connectivity index (χ1) is 12.6. The van der Waals surface area contributed by atoms with E-state index < -0.39 is 6.10 Å². The molecule has 1 aliphatic rings. The summed E-state index contributed by atoms with van der Waals surface area (Å²) >= 11 is 0. The lowest BCUT2D eigenvalue weighted by Crippen LogP contribution is -3.17. The van der Waals surface area contributed by atoms with Crippen LogP contribution in [0, 0.1) is 6.92 Å². The quantitative estimate of drug-likeness (QED) is 0.802. The second-order valence-corrected chi connectivity index (χ2v) is 7.70. The van der Waals surface area contributed by atoms with Gasteiger partial charge in [-0.2, -0.15) is 0 Å². The molecular formula is C23H32NO2+. The van der Waals surface area contributed by atoms with E-state index in [1.165, 1.54) is 29.7 Å². The van der Waals surface area contributed by atoms with Gasteiger partial charge in [0.15, 0.2) is 0 Å². The van der Waals surface area contributed by atoms with Crippen LogP contribution in [0.3, 0.4) is 0 Å². The fourth-order valence-electron chi connectivity index (χ4n) is 3.88. The Morgan fingerprint density at radius 3 is 2.42 bits per heavy atom. The average Bonchev–Trinajstić information content (AvgIpc) is 2.66. The number of aliphatic hydroxyl groups excluding tert-OH is 1. The number of nitrogens with one attached hydrogen (secondary N) is 1. The van der Waals surface area contributed by atoms with Crippen LogP contribution in [0.1, 0.15) is 49.0 Å². The van der Waals surface area contributed by atoms with Gasteiger partial charge in [-0.05, 0) is 44.2 Å². The average molecular weight is 355 g/mol. The fraction of sp³-hybridized carbons (Fsp3) is 0.478. The van der Waals surface area contributed by atoms with Crippen molar-refractivity contribution in [2.45, 2.75) is 51.4 Å². The van der Waals surface area contributed by atoms with Crippen molar-refractivity contribution in [2.24, 2.45) is 0 Å². The molecule has 1 fully saturated rings. The smallest absolute Gasteiger partial charge is 0.126 e. The van der Waals surface area contributed by atoms with Crippen LogP contribution in [0.15, 0.2) is 54.6 Å². The maximum absolute atomic E-state index is 10.6. The summed E-state index contributed by atoms with van der Waals surface area (Å²) in [6.45, 7) is 6.69. The molecule has 0 aliphatic carbocycles. The van der Waals surface area contributed by atoms with Crippen LogP contribution < -0.4 is 4.90 Å². The summed E-state index contributed by atoms with van der Waals surface area (Å²) in [6.07, 6.45) is 3.28. The molecule has 2 N–H and O–H groups in total. The molecule has 2 aromatic rings. The molecule has 1 heterocycles. The molecule has 0 spiro atoms. The highest BCUT2D eigenvalue weighted by Gasteiger charge is 2.25. The van der Waals surface area contributed by atoms with Gasteiger partial charge < -0.3 is 14.7 Å². The molecule has 1 saturated heterocycles. The Labute approximate surface area is 157 Å². The van der Waals surface area contributed by atoms with Crippen LogP contribution in [0.25, 0.3) is 0 Å². The normalized spacial score (nSPS) is 22.7. The highest BCUT2D eigenvalue weighted by atomic mass is 16.5. The Hall–Kier alpha value is -1.68. The molecule has 1 aliphatic heterocycles. The second-order valence-electron chi connectivity index (χ2n) is 7.70. The Morgan fingerprint density at radius 2 is 1.73 bits per heavy atom. The van der Waals surface area contributed by atoms with E-state index in [0.29, 0.717) is 12.6 Å². The Morgan fingerprint density at radius 1 is 1.04 bits per heavy atom. The number of ether oxygens (including phenoxy) is 1. The summed E-state index contributed by atoms with van der Waals surface area (Å²) in [5.74, 6) is 0. The molecule has 2 aromatic carbocycles. The Bertz CT molecular complexity index is 656. The highest BCUT2D eigenvalue weighted by molar-refractivity contribution is 5.31. The number of aliphatic hydroxyl groups is 1. The topological polar surface area (TPSA) is 33.9 Å². The summed E-state index contributed by atoms with van der Waals surface area (Å²) in [5.41, 5.74) is 3.50. The van der Waals surface area contributed by atoms with Crippen molar-refractivity contribution in [1.82, 2.24) is 0 Å². The van der Waals surface area contributed by atoms with Gasteiger partial charge in [-0.1, -0.05) is 60.2 Å². The fourth-order valence-corrected chi connectivity index (χ4v) is 3.88. The van der Waals surface area contributed by atoms with Gasteiger partial charge in [0.25, 0.3) is 0 Å². The third-order valence-corrected chi connectivity index (χ3v) is 5.52. The predicted octanol–water partition coefficient (Wildman–Crippen LogP) is 2.92. The van der Waals surface area contributed by atoms with E-state index in [1.54, 1.807) is 0 Å². The van der Waals surface area contributed by atoms with Gasteiger partial charge in [-0.25, -0.2) is 0 Å². The number of quaternary nitrogens is 1. The third-order valence-electron chi connectivity index (χ3n) is 5.52. The van der Waals surface area contributed by atoms with E-state index in [4.69, 9.17) is 4.74 Å². The lowest BCUT2D eigenvalue weighted by atomic mass is 10.0. The lowest BCUT2D eigenvalue weighted by Gasteiger charge is -2.32. The van der Waals surface area contributed by atoms with Gasteiger partial charge in [0.2, 0.25) is 0 Å². The van der Waals surface area contributed by atoms with Gasteiger partial charge in [-0.15, -0.1) is 0 Å². The molecule has 0 bridgehead atoms. The van der Waals surface area contributed by atoms with Crippen LogP contribution in [-0.4, -0.2) is 36.9 Å². The number of rotatable bonds is 7. The number of hydrogen-bond acceptors (Lipinski definition) is 2. The summed E-state index contributed by atoms with van der Waals surface area (Å²) in [6, 6.07) is 19.4. The number of piperidine rings is 1. The molecule has 0 amide bonds. The minimum absolute atomic E-state index is 0.139. The van der Waals surface area contributed by atoms with Gasteiger partial charge in [0, 0.05) is 0 Å². The largest absolute Gasteiger partial charge is 0.385 e. The summed E-state index contributed by atoms with van der Waals surface area (Å²) < 4.78 is 6.23. The van der Waals surface area contributed by atoms with E-state index in [1.807, 2.05) is 18.2 Å². The van der Waals surface area contributed by atoms with Crippen LogP contribution >= 0.6 is 0 Å². The van der Waals surface area contributed by atoms with Gasteiger partial charge in [0.1, 0.15) is 18.8 Å². The van der Waals surface area contributed by atoms with E-state index in [9.17, 15) is 5.11 Å². The predicted molar refractivity (Wildman–Crippen MR) is 105 cm³/mol. The van der Waals surface area contributed by atoms with Crippen molar-refractivity contribution in [3.63, 3.8) is 0 Å². The summed E-state index contributed by atoms with van der Waals surface area (Å²) in [5, 5.41) is 10.6. The Balaban J connectivity index is 1.65. The van der Waals surface area contributed by atoms with Crippen molar-refractivity contribution in [1.29, 1.82) is 0 Å². The molecule has 3 heteroatoms. The minimum Gasteiger partial charge on any atom is -0.385 e. The number of likely N-dealkylation sites (tertiary alicyclic amines) is 1. The van der Waals surface area contributed by atoms with Crippen molar-refractivity contribution in [3.05, 3.63) is 71.3 Å². The molecule has 0 radical (unpaired) electrons. The molecule has 1 unspecified atom stereocenters. The van der Waals surface area contributed by atoms with Crippen LogP contribution in [0.2, 0.25) is 0 Å². The first-order valence-corrected chi connectivity index (χ1v) is 9.89. The zero-order valence-electron chi connectivity index (χ0n) is 16.0. The van der Waals surface area contributed by atoms with E-state index in [-0.39, 0.29) is 6.10 Å². The summed E-state index contributed by atoms with van der Waals surface area (Å²) in [4.78, 5) is 1.51. The SMILES string of the molecule is Cc1ccc([C@H](OC[C@H](O)C[NH+]2CCCC[C@@H]2C)c2ccccc2)cc1. The zero-order valence-corrected chi connectivity index (χ0v) is 16.0. The maximum atomic E-state index is 10.6. The van der Waals surface area contributed by atoms with Crippen molar-refractivity contribution >= 4 is 0 Å². The first-order valence-electron chi connectivity index (χ1n) is 9.89. The maximum Gasteiger partial charge on any atom is 0.126 e. The molecule has 3 nitrogen and oxygen atoms in total. The van der Waals surface area contributed by atoms with Crippen LogP contribution in [0.4, 0.5) is 0 Å². The van der Waals surface area contributed by atoms with Crippen LogP contribution in [0.5, 0.6) is 0 Å². The molecular weight excluding hydrogens is 322 g/mol. The monoisotopic (exact) mass is 354 g/mol. The van der Waals surface area contributed by atoms with E-state index in [2.05, 4.69) is 50.2 Å². The molecule has 140 valence electrons. The first kappa shape index (κ1) is 19.1. The number of benzene rings is 2.